The molecule has 0 radical (unpaired) electrons. The lowest BCUT2D eigenvalue weighted by Gasteiger charge is -2.18. The first-order valence-electron chi connectivity index (χ1n) is 8.73. The van der Waals surface area contributed by atoms with Gasteiger partial charge in [-0.15, -0.1) is 0 Å². The van der Waals surface area contributed by atoms with Crippen LogP contribution < -0.4 is 10.5 Å². The minimum atomic E-state index is -0.373. The minimum Gasteiger partial charge on any atom is -0.497 e. The van der Waals surface area contributed by atoms with E-state index in [1.165, 1.54) is 11.8 Å². The maximum atomic E-state index is 12.7. The van der Waals surface area contributed by atoms with Crippen molar-refractivity contribution in [2.24, 2.45) is 22.6 Å². The third-order valence-electron chi connectivity index (χ3n) is 3.91. The van der Waals surface area contributed by atoms with E-state index in [1.807, 2.05) is 13.8 Å². The first-order valence-corrected chi connectivity index (χ1v) is 9.54. The number of nitrogens with zero attached hydrogens (tertiary/aromatic N) is 1. The summed E-state index contributed by atoms with van der Waals surface area (Å²) in [5, 5.41) is 0.719. The monoisotopic (exact) mass is 392 g/mol. The lowest BCUT2D eigenvalue weighted by Crippen LogP contribution is -2.25. The quantitative estimate of drug-likeness (QED) is 0.565. The van der Waals surface area contributed by atoms with Gasteiger partial charge in [0, 0.05) is 36.0 Å². The second-order valence-corrected chi connectivity index (χ2v) is 7.08. The van der Waals surface area contributed by atoms with Crippen molar-refractivity contribution in [1.82, 2.24) is 0 Å². The molecule has 2 N–H and O–H groups in total. The van der Waals surface area contributed by atoms with Crippen LogP contribution in [0.4, 0.5) is 0 Å². The van der Waals surface area contributed by atoms with E-state index >= 15 is 0 Å². The highest BCUT2D eigenvalue weighted by molar-refractivity contribution is 8.18. The van der Waals surface area contributed by atoms with Crippen LogP contribution in [-0.2, 0) is 9.53 Å². The van der Waals surface area contributed by atoms with Crippen LogP contribution in [-0.4, -0.2) is 44.1 Å². The molecule has 0 spiro atoms. The highest BCUT2D eigenvalue weighted by Crippen LogP contribution is 2.36. The van der Waals surface area contributed by atoms with Gasteiger partial charge in [-0.2, -0.15) is 0 Å². The van der Waals surface area contributed by atoms with Gasteiger partial charge in [-0.05, 0) is 38.1 Å². The van der Waals surface area contributed by atoms with Gasteiger partial charge in [0.1, 0.15) is 5.75 Å². The standard InChI is InChI=1S/C17H20N2O3S.C3H8O/c1-10(16(21)12-4-6-13(22-3)7-5-12)15-8-14(9-20)23-17(15)19-11(2)18;1-3-4-2/h4-11,15H,18H2,1-3H3;3H2,1-2H3/b19-17+;. The summed E-state index contributed by atoms with van der Waals surface area (Å²) in [4.78, 5) is 28.7. The number of hydrogen-bond donors (Lipinski definition) is 1. The Balaban J connectivity index is 0.000000828. The number of carbonyl (C=O) groups is 2. The van der Waals surface area contributed by atoms with Crippen LogP contribution in [0.1, 0.15) is 31.1 Å². The van der Waals surface area contributed by atoms with Crippen molar-refractivity contribution in [3.05, 3.63) is 40.8 Å². The molecule has 0 saturated heterocycles. The molecule has 3 unspecified atom stereocenters. The second-order valence-electron chi connectivity index (χ2n) is 5.98. The maximum absolute atomic E-state index is 12.7. The van der Waals surface area contributed by atoms with Gasteiger partial charge >= 0.3 is 0 Å². The number of benzene rings is 1. The molecule has 6 nitrogen and oxygen atoms in total. The maximum Gasteiger partial charge on any atom is 0.166 e. The number of ketones is 1. The fourth-order valence-corrected chi connectivity index (χ4v) is 3.52. The molecule has 148 valence electrons. The van der Waals surface area contributed by atoms with E-state index < -0.39 is 0 Å². The van der Waals surface area contributed by atoms with Gasteiger partial charge in [-0.25, -0.2) is 0 Å². The highest BCUT2D eigenvalue weighted by atomic mass is 32.2. The van der Waals surface area contributed by atoms with Crippen LogP contribution in [0.25, 0.3) is 0 Å². The Labute approximate surface area is 165 Å². The molecule has 27 heavy (non-hydrogen) atoms. The van der Waals surface area contributed by atoms with Crippen LogP contribution in [0.5, 0.6) is 5.75 Å². The molecule has 1 aliphatic heterocycles. The molecule has 3 atom stereocenters. The van der Waals surface area contributed by atoms with Gasteiger partial charge in [-0.1, -0.05) is 24.8 Å². The van der Waals surface area contributed by atoms with E-state index in [2.05, 4.69) is 9.73 Å². The van der Waals surface area contributed by atoms with Crippen molar-refractivity contribution < 1.29 is 19.1 Å². The van der Waals surface area contributed by atoms with Crippen molar-refractivity contribution in [2.45, 2.75) is 26.9 Å². The average molecular weight is 393 g/mol. The van der Waals surface area contributed by atoms with Crippen molar-refractivity contribution in [1.29, 1.82) is 0 Å². The van der Waals surface area contributed by atoms with E-state index in [0.717, 1.165) is 17.9 Å². The fourth-order valence-electron chi connectivity index (χ4n) is 2.39. The first-order chi connectivity index (χ1) is 12.9. The molecule has 1 aromatic rings. The number of aldehydes is 1. The fraction of sp³-hybridized carbons (Fsp3) is 0.450. The number of rotatable bonds is 7. The molecule has 1 aliphatic rings. The molecule has 0 amide bonds. The zero-order valence-corrected chi connectivity index (χ0v) is 17.3. The Bertz CT molecular complexity index is 682. The van der Waals surface area contributed by atoms with Gasteiger partial charge in [0.25, 0.3) is 0 Å². The number of ether oxygens (including phenoxy) is 2. The first kappa shape index (κ1) is 23.1. The predicted octanol–water partition coefficient (Wildman–Crippen LogP) is 3.32. The van der Waals surface area contributed by atoms with E-state index in [1.54, 1.807) is 51.5 Å². The van der Waals surface area contributed by atoms with Crippen LogP contribution in [0.3, 0.4) is 0 Å². The number of carbonyl (C=O) groups excluding carboxylic acids is 2. The Hall–Kier alpha value is -1.96. The van der Waals surface area contributed by atoms with E-state index in [0.29, 0.717) is 16.2 Å². The molecular formula is C20H28N2O4S. The number of aliphatic imine (C=N–C) groups is 1. The van der Waals surface area contributed by atoms with Crippen molar-refractivity contribution >= 4 is 28.9 Å². The Kier molecular flexibility index (Phi) is 9.99. The Morgan fingerprint density at radius 3 is 2.33 bits per heavy atom. The summed E-state index contributed by atoms with van der Waals surface area (Å²) in [5.74, 6) is 0.152. The van der Waals surface area contributed by atoms with Gasteiger partial charge in [0.2, 0.25) is 0 Å². The molecule has 2 rings (SSSR count). The van der Waals surface area contributed by atoms with Gasteiger partial charge in [-0.3, -0.25) is 14.6 Å². The lowest BCUT2D eigenvalue weighted by atomic mass is 9.87. The summed E-state index contributed by atoms with van der Waals surface area (Å²) >= 11 is 1.28. The van der Waals surface area contributed by atoms with Crippen LogP contribution in [0.15, 0.2) is 40.2 Å². The molecule has 1 heterocycles. The van der Waals surface area contributed by atoms with Crippen molar-refractivity contribution in [3.8, 4) is 5.75 Å². The average Bonchev–Trinajstić information content (AvgIpc) is 3.09. The number of thioether (sulfide) groups is 1. The molecule has 0 aromatic heterocycles. The van der Waals surface area contributed by atoms with Gasteiger partial charge in [0.05, 0.1) is 18.3 Å². The molecule has 1 aromatic carbocycles. The van der Waals surface area contributed by atoms with E-state index in [4.69, 9.17) is 10.5 Å². The molecule has 0 saturated carbocycles. The molecule has 0 fully saturated rings. The molecule has 0 bridgehead atoms. The third kappa shape index (κ3) is 6.93. The minimum absolute atomic E-state index is 0.000901. The smallest absolute Gasteiger partial charge is 0.166 e. The largest absolute Gasteiger partial charge is 0.497 e. The van der Waals surface area contributed by atoms with Crippen LogP contribution in [0, 0.1) is 11.8 Å². The normalized spacial score (nSPS) is 19.6. The molecule has 0 aliphatic carbocycles. The van der Waals surface area contributed by atoms with E-state index in [-0.39, 0.29) is 23.8 Å². The summed E-state index contributed by atoms with van der Waals surface area (Å²) in [6, 6.07) is 7.00. The Morgan fingerprint density at radius 1 is 1.30 bits per heavy atom. The summed E-state index contributed by atoms with van der Waals surface area (Å²) in [5.41, 5.74) is 6.34. The SMILES string of the molecule is CCOC.COc1ccc(C(=O)C(C)C2C=C(C=O)S/C2=N/C(C)N)cc1. The summed E-state index contributed by atoms with van der Waals surface area (Å²) in [6.45, 7) is 6.39. The summed E-state index contributed by atoms with van der Waals surface area (Å²) in [7, 11) is 3.26. The van der Waals surface area contributed by atoms with E-state index in [9.17, 15) is 9.59 Å². The zero-order valence-electron chi connectivity index (χ0n) is 16.5. The van der Waals surface area contributed by atoms with Gasteiger partial charge < -0.3 is 15.2 Å². The number of nitrogens with two attached hydrogens (primary N) is 1. The second kappa shape index (κ2) is 11.7. The summed E-state index contributed by atoms with van der Waals surface area (Å²) in [6.07, 6.45) is 2.21. The van der Waals surface area contributed by atoms with Crippen molar-refractivity contribution in [3.63, 3.8) is 0 Å². The number of methoxy groups -OCH3 is 2. The number of allylic oxidation sites excluding steroid dienone is 2. The number of Topliss-reactive ketones (excluding diaryl/α,β-unsaturated/α-hetero) is 1. The number of hydrogen-bond acceptors (Lipinski definition) is 7. The van der Waals surface area contributed by atoms with Crippen LogP contribution in [0.2, 0.25) is 0 Å². The molecular weight excluding hydrogens is 364 g/mol. The van der Waals surface area contributed by atoms with Crippen LogP contribution >= 0.6 is 11.8 Å². The third-order valence-corrected chi connectivity index (χ3v) is 4.97. The summed E-state index contributed by atoms with van der Waals surface area (Å²) < 4.78 is 9.64. The Morgan fingerprint density at radius 2 is 1.89 bits per heavy atom. The lowest BCUT2D eigenvalue weighted by molar-refractivity contribution is -0.104. The predicted molar refractivity (Wildman–Crippen MR) is 110 cm³/mol. The zero-order chi connectivity index (χ0) is 20.4. The van der Waals surface area contributed by atoms with Crippen molar-refractivity contribution in [2.75, 3.05) is 20.8 Å². The van der Waals surface area contributed by atoms with Gasteiger partial charge in [0.15, 0.2) is 12.1 Å². The topological polar surface area (TPSA) is 91.0 Å². The molecule has 7 heteroatoms. The highest BCUT2D eigenvalue weighted by Gasteiger charge is 2.33.